The van der Waals surface area contributed by atoms with Crippen LogP contribution in [0.2, 0.25) is 0 Å². The van der Waals surface area contributed by atoms with Crippen LogP contribution in [0, 0.1) is 18.8 Å². The highest BCUT2D eigenvalue weighted by Gasteiger charge is 2.27. The van der Waals surface area contributed by atoms with E-state index in [-0.39, 0.29) is 17.7 Å². The Bertz CT molecular complexity index is 835. The Hall–Kier alpha value is -2.18. The Kier molecular flexibility index (Phi) is 8.05. The van der Waals surface area contributed by atoms with Crippen molar-refractivity contribution >= 4 is 23.2 Å². The van der Waals surface area contributed by atoms with Gasteiger partial charge in [-0.25, -0.2) is 0 Å². The summed E-state index contributed by atoms with van der Waals surface area (Å²) >= 11 is 1.80. The molecule has 1 aromatic heterocycles. The molecule has 30 heavy (non-hydrogen) atoms. The predicted molar refractivity (Wildman–Crippen MR) is 123 cm³/mol. The molecule has 0 saturated carbocycles. The summed E-state index contributed by atoms with van der Waals surface area (Å²) in [7, 11) is 0. The van der Waals surface area contributed by atoms with Crippen molar-refractivity contribution in [3.8, 4) is 0 Å². The van der Waals surface area contributed by atoms with Gasteiger partial charge in [-0.1, -0.05) is 38.1 Å². The van der Waals surface area contributed by atoms with Crippen molar-refractivity contribution < 1.29 is 9.59 Å². The molecule has 3 rings (SSSR count). The maximum absolute atomic E-state index is 12.9. The number of hydrogen-bond donors (Lipinski definition) is 2. The van der Waals surface area contributed by atoms with Crippen LogP contribution in [-0.4, -0.2) is 42.4 Å². The minimum Gasteiger partial charge on any atom is -0.354 e. The number of nitrogens with zero attached hydrogens (tertiary/aromatic N) is 1. The minimum atomic E-state index is -0.539. The zero-order chi connectivity index (χ0) is 21.5. The Labute approximate surface area is 183 Å². The average Bonchev–Trinajstić information content (AvgIpc) is 3.23. The molecule has 0 radical (unpaired) electrons. The molecule has 2 unspecified atom stereocenters. The first kappa shape index (κ1) is 22.5. The molecule has 1 aliphatic rings. The molecule has 1 aliphatic heterocycles. The Morgan fingerprint density at radius 1 is 1.20 bits per heavy atom. The number of amides is 2. The molecule has 0 bridgehead atoms. The number of thiophene rings is 1. The van der Waals surface area contributed by atoms with E-state index in [0.29, 0.717) is 18.0 Å². The van der Waals surface area contributed by atoms with Crippen molar-refractivity contribution in [3.05, 3.63) is 57.8 Å². The first-order valence-corrected chi connectivity index (χ1v) is 11.7. The van der Waals surface area contributed by atoms with Gasteiger partial charge in [-0.3, -0.25) is 14.5 Å². The summed E-state index contributed by atoms with van der Waals surface area (Å²) in [5.74, 6) is 0.172. The number of rotatable bonds is 8. The van der Waals surface area contributed by atoms with Crippen LogP contribution in [0.25, 0.3) is 0 Å². The molecule has 1 aromatic carbocycles. The molecule has 5 nitrogen and oxygen atoms in total. The molecule has 0 spiro atoms. The highest BCUT2D eigenvalue weighted by Crippen LogP contribution is 2.20. The van der Waals surface area contributed by atoms with Crippen molar-refractivity contribution in [1.82, 2.24) is 15.5 Å². The lowest BCUT2D eigenvalue weighted by atomic mass is 9.97. The van der Waals surface area contributed by atoms with Crippen molar-refractivity contribution in [1.29, 1.82) is 0 Å². The van der Waals surface area contributed by atoms with E-state index in [1.165, 1.54) is 4.88 Å². The van der Waals surface area contributed by atoms with Crippen LogP contribution in [0.15, 0.2) is 41.8 Å². The van der Waals surface area contributed by atoms with Gasteiger partial charge in [-0.15, -0.1) is 11.3 Å². The fourth-order valence-electron chi connectivity index (χ4n) is 4.02. The van der Waals surface area contributed by atoms with Gasteiger partial charge in [-0.05, 0) is 61.2 Å². The SMILES string of the molecule is Cc1ccccc1C(=O)NC(C(=O)NCC1CCCN(Cc2cccs2)C1)C(C)C. The number of likely N-dealkylation sites (tertiary alicyclic amines) is 1. The van der Waals surface area contributed by atoms with E-state index < -0.39 is 6.04 Å². The van der Waals surface area contributed by atoms with E-state index >= 15 is 0 Å². The molecule has 1 saturated heterocycles. The average molecular weight is 428 g/mol. The molecule has 2 aromatic rings. The van der Waals surface area contributed by atoms with Crippen molar-refractivity contribution in [2.45, 2.75) is 46.2 Å². The van der Waals surface area contributed by atoms with Crippen LogP contribution in [0.5, 0.6) is 0 Å². The monoisotopic (exact) mass is 427 g/mol. The second kappa shape index (κ2) is 10.7. The second-order valence-corrected chi connectivity index (χ2v) is 9.61. The zero-order valence-corrected chi connectivity index (χ0v) is 19.0. The summed E-state index contributed by atoms with van der Waals surface area (Å²) in [4.78, 5) is 29.4. The van der Waals surface area contributed by atoms with Gasteiger partial charge in [0.1, 0.15) is 6.04 Å². The summed E-state index contributed by atoms with van der Waals surface area (Å²) in [6.45, 7) is 9.60. The number of aryl methyl sites for hydroxylation is 1. The predicted octanol–water partition coefficient (Wildman–Crippen LogP) is 3.84. The molecular formula is C24H33N3O2S. The van der Waals surface area contributed by atoms with Gasteiger partial charge in [0.05, 0.1) is 0 Å². The first-order valence-electron chi connectivity index (χ1n) is 10.8. The van der Waals surface area contributed by atoms with Crippen LogP contribution in [-0.2, 0) is 11.3 Å². The van der Waals surface area contributed by atoms with E-state index in [9.17, 15) is 9.59 Å². The number of carbonyl (C=O) groups excluding carboxylic acids is 2. The third-order valence-electron chi connectivity index (χ3n) is 5.75. The van der Waals surface area contributed by atoms with Crippen molar-refractivity contribution in [2.75, 3.05) is 19.6 Å². The largest absolute Gasteiger partial charge is 0.354 e. The lowest BCUT2D eigenvalue weighted by molar-refractivity contribution is -0.124. The van der Waals surface area contributed by atoms with E-state index in [2.05, 4.69) is 33.0 Å². The van der Waals surface area contributed by atoms with E-state index in [4.69, 9.17) is 0 Å². The van der Waals surface area contributed by atoms with Crippen LogP contribution in [0.4, 0.5) is 0 Å². The van der Waals surface area contributed by atoms with Gasteiger partial charge in [0.15, 0.2) is 0 Å². The third-order valence-corrected chi connectivity index (χ3v) is 6.61. The van der Waals surface area contributed by atoms with Gasteiger partial charge in [-0.2, -0.15) is 0 Å². The first-order chi connectivity index (χ1) is 14.4. The molecule has 2 heterocycles. The molecule has 0 aliphatic carbocycles. The van der Waals surface area contributed by atoms with Crippen LogP contribution in [0.3, 0.4) is 0 Å². The molecule has 2 amide bonds. The number of benzene rings is 1. The summed E-state index contributed by atoms with van der Waals surface area (Å²) in [6.07, 6.45) is 2.28. The van der Waals surface area contributed by atoms with E-state index in [0.717, 1.165) is 38.0 Å². The van der Waals surface area contributed by atoms with Crippen molar-refractivity contribution in [2.24, 2.45) is 11.8 Å². The van der Waals surface area contributed by atoms with Gasteiger partial charge in [0.25, 0.3) is 5.91 Å². The summed E-state index contributed by atoms with van der Waals surface area (Å²) in [5, 5.41) is 8.17. The Morgan fingerprint density at radius 2 is 2.00 bits per heavy atom. The van der Waals surface area contributed by atoms with Gasteiger partial charge < -0.3 is 10.6 Å². The number of hydrogen-bond acceptors (Lipinski definition) is 4. The van der Waals surface area contributed by atoms with Crippen molar-refractivity contribution in [3.63, 3.8) is 0 Å². The molecule has 2 N–H and O–H groups in total. The zero-order valence-electron chi connectivity index (χ0n) is 18.2. The molecule has 1 fully saturated rings. The topological polar surface area (TPSA) is 61.4 Å². The third kappa shape index (κ3) is 6.16. The maximum atomic E-state index is 12.9. The van der Waals surface area contributed by atoms with E-state index in [1.54, 1.807) is 17.4 Å². The van der Waals surface area contributed by atoms with E-state index in [1.807, 2.05) is 39.0 Å². The normalized spacial score (nSPS) is 18.2. The molecule has 162 valence electrons. The Morgan fingerprint density at radius 3 is 2.70 bits per heavy atom. The summed E-state index contributed by atoms with van der Waals surface area (Å²) in [6, 6.07) is 11.2. The minimum absolute atomic E-state index is 0.0136. The fourth-order valence-corrected chi connectivity index (χ4v) is 4.77. The van der Waals surface area contributed by atoms with Crippen LogP contribution >= 0.6 is 11.3 Å². The van der Waals surface area contributed by atoms with Gasteiger partial charge >= 0.3 is 0 Å². The quantitative estimate of drug-likeness (QED) is 0.673. The van der Waals surface area contributed by atoms with Crippen LogP contribution in [0.1, 0.15) is 47.5 Å². The smallest absolute Gasteiger partial charge is 0.252 e. The number of carbonyl (C=O) groups is 2. The fraction of sp³-hybridized carbons (Fsp3) is 0.500. The van der Waals surface area contributed by atoms with Crippen LogP contribution < -0.4 is 10.6 Å². The molecule has 6 heteroatoms. The maximum Gasteiger partial charge on any atom is 0.252 e. The van der Waals surface area contributed by atoms with Gasteiger partial charge in [0, 0.05) is 30.1 Å². The summed E-state index contributed by atoms with van der Waals surface area (Å²) < 4.78 is 0. The second-order valence-electron chi connectivity index (χ2n) is 8.58. The standard InChI is InChI=1S/C24H33N3O2S/c1-17(2)22(26-23(28)21-11-5-4-8-18(21)3)24(29)25-14-19-9-6-12-27(15-19)16-20-10-7-13-30-20/h4-5,7-8,10-11,13,17,19,22H,6,9,12,14-16H2,1-3H3,(H,25,29)(H,26,28). The highest BCUT2D eigenvalue weighted by molar-refractivity contribution is 7.09. The summed E-state index contributed by atoms with van der Waals surface area (Å²) in [5.41, 5.74) is 1.53. The molecular weight excluding hydrogens is 394 g/mol. The number of nitrogens with one attached hydrogen (secondary N) is 2. The lowest BCUT2D eigenvalue weighted by Gasteiger charge is -2.33. The molecule has 2 atom stereocenters. The number of piperidine rings is 1. The Balaban J connectivity index is 1.52. The van der Waals surface area contributed by atoms with Gasteiger partial charge in [0.2, 0.25) is 5.91 Å². The highest BCUT2D eigenvalue weighted by atomic mass is 32.1. The lowest BCUT2D eigenvalue weighted by Crippen LogP contribution is -2.51.